The largest absolute Gasteiger partial charge is 0.355 e. The van der Waals surface area contributed by atoms with E-state index in [0.29, 0.717) is 19.5 Å². The van der Waals surface area contributed by atoms with Crippen molar-refractivity contribution in [2.75, 3.05) is 18.1 Å². The zero-order valence-corrected chi connectivity index (χ0v) is 19.4. The van der Waals surface area contributed by atoms with Gasteiger partial charge in [-0.3, -0.25) is 0 Å². The van der Waals surface area contributed by atoms with Gasteiger partial charge < -0.3 is 9.88 Å². The number of fused-ring (bicyclic) bond motifs is 2. The predicted octanol–water partition coefficient (Wildman–Crippen LogP) is 5.22. The fraction of sp³-hybridized carbons (Fsp3) is 0.231. The molecule has 6 heteroatoms. The Bertz CT molecular complexity index is 1440. The number of hydrogen-bond donors (Lipinski definition) is 1. The van der Waals surface area contributed by atoms with Crippen LogP contribution in [0.1, 0.15) is 16.7 Å². The molecule has 1 aliphatic rings. The number of nitrogens with one attached hydrogen (secondary N) is 1. The summed E-state index contributed by atoms with van der Waals surface area (Å²) in [6.07, 6.45) is 1.98. The topological polar surface area (TPSA) is 54.3 Å². The van der Waals surface area contributed by atoms with Gasteiger partial charge in [-0.25, -0.2) is 8.42 Å². The van der Waals surface area contributed by atoms with E-state index in [-0.39, 0.29) is 0 Å². The molecule has 0 saturated carbocycles. The Morgan fingerprint density at radius 3 is 2.56 bits per heavy atom. The molecule has 0 fully saturated rings. The van der Waals surface area contributed by atoms with Crippen LogP contribution in [0.2, 0.25) is 0 Å². The van der Waals surface area contributed by atoms with Gasteiger partial charge in [-0.2, -0.15) is 4.31 Å². The summed E-state index contributed by atoms with van der Waals surface area (Å²) < 4.78 is 27.7. The SMILES string of the molecule is Cc1ccc(Nc2cccc3c2CCN(S(C)(=O)=O)C3)cc1-c1cc2ccccc2n1C. The van der Waals surface area contributed by atoms with Crippen molar-refractivity contribution >= 4 is 32.3 Å². The lowest BCUT2D eigenvalue weighted by Gasteiger charge is -2.28. The molecule has 0 atom stereocenters. The van der Waals surface area contributed by atoms with Crippen molar-refractivity contribution in [3.05, 3.63) is 83.4 Å². The van der Waals surface area contributed by atoms with Crippen molar-refractivity contribution in [1.29, 1.82) is 0 Å². The molecule has 3 aromatic carbocycles. The van der Waals surface area contributed by atoms with Gasteiger partial charge in [-0.15, -0.1) is 0 Å². The van der Waals surface area contributed by atoms with E-state index in [1.807, 2.05) is 12.1 Å². The summed E-state index contributed by atoms with van der Waals surface area (Å²) in [5.41, 5.74) is 9.14. The van der Waals surface area contributed by atoms with E-state index in [4.69, 9.17) is 0 Å². The van der Waals surface area contributed by atoms with E-state index in [2.05, 4.69) is 78.5 Å². The number of anilines is 2. The Kier molecular flexibility index (Phi) is 5.07. The molecule has 0 spiro atoms. The first kappa shape index (κ1) is 20.8. The molecule has 0 amide bonds. The number of rotatable bonds is 4. The lowest BCUT2D eigenvalue weighted by atomic mass is 9.98. The van der Waals surface area contributed by atoms with Crippen molar-refractivity contribution in [2.45, 2.75) is 19.9 Å². The zero-order chi connectivity index (χ0) is 22.5. The summed E-state index contributed by atoms with van der Waals surface area (Å²) in [6, 6.07) is 23.2. The minimum absolute atomic E-state index is 0.429. The summed E-state index contributed by atoms with van der Waals surface area (Å²) in [4.78, 5) is 0. The van der Waals surface area contributed by atoms with E-state index in [9.17, 15) is 8.42 Å². The summed E-state index contributed by atoms with van der Waals surface area (Å²) in [5.74, 6) is 0. The molecule has 2 heterocycles. The third-order valence-electron chi connectivity index (χ3n) is 6.44. The van der Waals surface area contributed by atoms with Gasteiger partial charge in [0, 0.05) is 53.7 Å². The fourth-order valence-corrected chi connectivity index (χ4v) is 5.46. The number of aryl methyl sites for hydroxylation is 2. The number of benzene rings is 3. The van der Waals surface area contributed by atoms with Gasteiger partial charge in [0.15, 0.2) is 0 Å². The summed E-state index contributed by atoms with van der Waals surface area (Å²) in [5, 5.41) is 4.83. The molecule has 0 radical (unpaired) electrons. The lowest BCUT2D eigenvalue weighted by Crippen LogP contribution is -2.35. The highest BCUT2D eigenvalue weighted by Gasteiger charge is 2.24. The van der Waals surface area contributed by atoms with Crippen molar-refractivity contribution in [2.24, 2.45) is 7.05 Å². The number of nitrogens with zero attached hydrogens (tertiary/aromatic N) is 2. The van der Waals surface area contributed by atoms with Crippen LogP contribution in [0.4, 0.5) is 11.4 Å². The molecular weight excluding hydrogens is 418 g/mol. The normalized spacial score (nSPS) is 14.5. The maximum Gasteiger partial charge on any atom is 0.211 e. The van der Waals surface area contributed by atoms with Crippen LogP contribution in [-0.4, -0.2) is 30.1 Å². The standard InChI is InChI=1S/C26H27N3O2S/c1-18-11-12-21(16-23(18)26-15-19-7-4-5-10-25(19)28(26)2)27-24-9-6-8-20-17-29(32(3,30)31)14-13-22(20)24/h4-12,15-16,27H,13-14,17H2,1-3H3. The Morgan fingerprint density at radius 2 is 1.78 bits per heavy atom. The zero-order valence-electron chi connectivity index (χ0n) is 18.6. The highest BCUT2D eigenvalue weighted by Crippen LogP contribution is 2.34. The predicted molar refractivity (Wildman–Crippen MR) is 132 cm³/mol. The van der Waals surface area contributed by atoms with E-state index >= 15 is 0 Å². The summed E-state index contributed by atoms with van der Waals surface area (Å²) >= 11 is 0. The van der Waals surface area contributed by atoms with Crippen LogP contribution in [0, 0.1) is 6.92 Å². The molecule has 4 aromatic rings. The average Bonchev–Trinajstić information content (AvgIpc) is 3.11. The molecule has 1 aliphatic heterocycles. The number of para-hydroxylation sites is 1. The van der Waals surface area contributed by atoms with E-state index in [1.165, 1.54) is 39.5 Å². The van der Waals surface area contributed by atoms with Gasteiger partial charge in [-0.1, -0.05) is 36.4 Å². The van der Waals surface area contributed by atoms with Crippen LogP contribution in [0.25, 0.3) is 22.2 Å². The third-order valence-corrected chi connectivity index (χ3v) is 7.69. The Balaban J connectivity index is 1.50. The Morgan fingerprint density at radius 1 is 0.969 bits per heavy atom. The van der Waals surface area contributed by atoms with Crippen LogP contribution < -0.4 is 5.32 Å². The van der Waals surface area contributed by atoms with Crippen LogP contribution >= 0.6 is 0 Å². The van der Waals surface area contributed by atoms with Crippen LogP contribution in [0.5, 0.6) is 0 Å². The molecule has 0 aliphatic carbocycles. The van der Waals surface area contributed by atoms with E-state index in [1.54, 1.807) is 4.31 Å². The lowest BCUT2D eigenvalue weighted by molar-refractivity contribution is 0.395. The monoisotopic (exact) mass is 445 g/mol. The second-order valence-electron chi connectivity index (χ2n) is 8.59. The molecule has 164 valence electrons. The Labute approximate surface area is 189 Å². The van der Waals surface area contributed by atoms with E-state index < -0.39 is 10.0 Å². The molecule has 5 rings (SSSR count). The molecule has 1 aromatic heterocycles. The van der Waals surface area contributed by atoms with Crippen LogP contribution in [-0.2, 0) is 30.0 Å². The van der Waals surface area contributed by atoms with Gasteiger partial charge in [0.1, 0.15) is 0 Å². The van der Waals surface area contributed by atoms with Gasteiger partial charge >= 0.3 is 0 Å². The van der Waals surface area contributed by atoms with Crippen LogP contribution in [0.3, 0.4) is 0 Å². The first-order valence-electron chi connectivity index (χ1n) is 10.8. The highest BCUT2D eigenvalue weighted by molar-refractivity contribution is 7.88. The second-order valence-corrected chi connectivity index (χ2v) is 10.6. The molecule has 0 unspecified atom stereocenters. The van der Waals surface area contributed by atoms with Gasteiger partial charge in [0.05, 0.1) is 6.26 Å². The average molecular weight is 446 g/mol. The third kappa shape index (κ3) is 3.70. The highest BCUT2D eigenvalue weighted by atomic mass is 32.2. The molecule has 5 nitrogen and oxygen atoms in total. The summed E-state index contributed by atoms with van der Waals surface area (Å²) in [6.45, 7) is 3.08. The second kappa shape index (κ2) is 7.80. The van der Waals surface area contributed by atoms with Gasteiger partial charge in [-0.05, 0) is 60.4 Å². The maximum atomic E-state index is 12.0. The molecule has 0 saturated heterocycles. The fourth-order valence-electron chi connectivity index (χ4n) is 4.66. The van der Waals surface area contributed by atoms with Crippen molar-refractivity contribution in [3.63, 3.8) is 0 Å². The smallest absolute Gasteiger partial charge is 0.211 e. The summed E-state index contributed by atoms with van der Waals surface area (Å²) in [7, 11) is -1.08. The first-order valence-corrected chi connectivity index (χ1v) is 12.6. The van der Waals surface area contributed by atoms with Crippen molar-refractivity contribution < 1.29 is 8.42 Å². The molecular formula is C26H27N3O2S. The van der Waals surface area contributed by atoms with E-state index in [0.717, 1.165) is 16.9 Å². The minimum atomic E-state index is -3.19. The van der Waals surface area contributed by atoms with Crippen molar-refractivity contribution in [3.8, 4) is 11.3 Å². The molecule has 32 heavy (non-hydrogen) atoms. The Hall–Kier alpha value is -3.09. The quantitative estimate of drug-likeness (QED) is 0.469. The number of sulfonamides is 1. The first-order chi connectivity index (χ1) is 15.3. The van der Waals surface area contributed by atoms with Crippen molar-refractivity contribution in [1.82, 2.24) is 8.87 Å². The minimum Gasteiger partial charge on any atom is -0.355 e. The molecule has 0 bridgehead atoms. The van der Waals surface area contributed by atoms with Crippen LogP contribution in [0.15, 0.2) is 66.7 Å². The number of aromatic nitrogens is 1. The maximum absolute atomic E-state index is 12.0. The van der Waals surface area contributed by atoms with Gasteiger partial charge in [0.2, 0.25) is 10.0 Å². The molecule has 1 N–H and O–H groups in total. The van der Waals surface area contributed by atoms with Gasteiger partial charge in [0.25, 0.3) is 0 Å². The number of hydrogen-bond acceptors (Lipinski definition) is 3.